The van der Waals surface area contributed by atoms with Crippen LogP contribution >= 0.6 is 11.3 Å². The van der Waals surface area contributed by atoms with Crippen LogP contribution in [0.5, 0.6) is 0 Å². The smallest absolute Gasteiger partial charge is 0.414 e. The van der Waals surface area contributed by atoms with Crippen molar-refractivity contribution in [1.29, 1.82) is 0 Å². The summed E-state index contributed by atoms with van der Waals surface area (Å²) < 4.78 is 5.04. The van der Waals surface area contributed by atoms with Gasteiger partial charge in [0.2, 0.25) is 0 Å². The van der Waals surface area contributed by atoms with Crippen LogP contribution in [-0.4, -0.2) is 19.2 Å². The van der Waals surface area contributed by atoms with E-state index in [0.717, 1.165) is 5.69 Å². The Hall–Kier alpha value is -1.85. The molecule has 1 N–H and O–H groups in total. The number of thiophene rings is 1. The van der Waals surface area contributed by atoms with Gasteiger partial charge >= 0.3 is 6.09 Å². The van der Waals surface area contributed by atoms with Crippen molar-refractivity contribution in [2.75, 3.05) is 18.1 Å². The van der Waals surface area contributed by atoms with Crippen molar-refractivity contribution < 1.29 is 9.53 Å². The van der Waals surface area contributed by atoms with E-state index < -0.39 is 0 Å². The molecule has 2 unspecified atom stereocenters. The highest BCUT2D eigenvalue weighted by Crippen LogP contribution is 2.35. The molecule has 4 nitrogen and oxygen atoms in total. The summed E-state index contributed by atoms with van der Waals surface area (Å²) in [5.41, 5.74) is 3.59. The van der Waals surface area contributed by atoms with E-state index in [-0.39, 0.29) is 12.1 Å². The van der Waals surface area contributed by atoms with Gasteiger partial charge in [0, 0.05) is 22.6 Å². The van der Waals surface area contributed by atoms with E-state index in [1.165, 1.54) is 35.3 Å². The Kier molecular flexibility index (Phi) is 4.29. The van der Waals surface area contributed by atoms with Gasteiger partial charge in [0.05, 0.1) is 6.54 Å². The molecule has 1 aromatic heterocycles. The highest BCUT2D eigenvalue weighted by molar-refractivity contribution is 7.10. The van der Waals surface area contributed by atoms with Crippen LogP contribution in [0, 0.1) is 0 Å². The maximum atomic E-state index is 11.8. The number of cyclic esters (lactones) is 1. The number of aryl methyl sites for hydroxylation is 1. The summed E-state index contributed by atoms with van der Waals surface area (Å²) in [5, 5.41) is 5.98. The zero-order valence-electron chi connectivity index (χ0n) is 13.8. The molecule has 1 saturated heterocycles. The van der Waals surface area contributed by atoms with Crippen molar-refractivity contribution >= 4 is 23.1 Å². The highest BCUT2D eigenvalue weighted by atomic mass is 32.1. The van der Waals surface area contributed by atoms with Crippen molar-refractivity contribution in [2.24, 2.45) is 0 Å². The summed E-state index contributed by atoms with van der Waals surface area (Å²) in [7, 11) is 0. The van der Waals surface area contributed by atoms with Crippen LogP contribution < -0.4 is 10.2 Å². The second kappa shape index (κ2) is 6.57. The summed E-state index contributed by atoms with van der Waals surface area (Å²) in [6.07, 6.45) is 3.40. The number of carbonyl (C=O) groups excluding carboxylic acids is 1. The van der Waals surface area contributed by atoms with Gasteiger partial charge in [0.15, 0.2) is 0 Å². The molecule has 2 atom stereocenters. The SMILES string of the molecule is CC(NC1CCCc2sccc21)c1cccc(N2CCOC2=O)c1. The average Bonchev–Trinajstić information content (AvgIpc) is 3.24. The summed E-state index contributed by atoms with van der Waals surface area (Å²) in [6.45, 7) is 3.30. The molecule has 1 fully saturated rings. The second-order valence-corrected chi connectivity index (χ2v) is 7.49. The Morgan fingerprint density at radius 1 is 1.38 bits per heavy atom. The number of anilines is 1. The first-order valence-corrected chi connectivity index (χ1v) is 9.47. The second-order valence-electron chi connectivity index (χ2n) is 6.49. The topological polar surface area (TPSA) is 41.6 Å². The largest absolute Gasteiger partial charge is 0.447 e. The molecule has 0 saturated carbocycles. The fourth-order valence-corrected chi connectivity index (χ4v) is 4.64. The first-order chi connectivity index (χ1) is 11.7. The summed E-state index contributed by atoms with van der Waals surface area (Å²) in [6, 6.07) is 11.1. The van der Waals surface area contributed by atoms with E-state index in [1.807, 2.05) is 23.5 Å². The van der Waals surface area contributed by atoms with Crippen LogP contribution in [0.25, 0.3) is 0 Å². The fourth-order valence-electron chi connectivity index (χ4n) is 3.65. The molecule has 2 aliphatic rings. The number of carbonyl (C=O) groups is 1. The third-order valence-corrected chi connectivity index (χ3v) is 5.94. The Morgan fingerprint density at radius 2 is 2.29 bits per heavy atom. The normalized spacial score (nSPS) is 21.5. The van der Waals surface area contributed by atoms with Crippen LogP contribution in [0.15, 0.2) is 35.7 Å². The average molecular weight is 342 g/mol. The van der Waals surface area contributed by atoms with Crippen molar-refractivity contribution in [3.05, 3.63) is 51.7 Å². The van der Waals surface area contributed by atoms with Crippen molar-refractivity contribution in [3.63, 3.8) is 0 Å². The lowest BCUT2D eigenvalue weighted by molar-refractivity contribution is 0.181. The third-order valence-electron chi connectivity index (χ3n) is 4.95. The molecule has 126 valence electrons. The lowest BCUT2D eigenvalue weighted by atomic mass is 9.93. The molecule has 24 heavy (non-hydrogen) atoms. The van der Waals surface area contributed by atoms with Gasteiger partial charge in [-0.05, 0) is 60.9 Å². The van der Waals surface area contributed by atoms with Gasteiger partial charge in [-0.1, -0.05) is 12.1 Å². The Bertz CT molecular complexity index is 742. The molecule has 0 bridgehead atoms. The molecule has 1 aliphatic heterocycles. The Balaban J connectivity index is 1.51. The van der Waals surface area contributed by atoms with E-state index in [2.05, 4.69) is 35.8 Å². The van der Waals surface area contributed by atoms with Gasteiger partial charge in [-0.2, -0.15) is 0 Å². The third kappa shape index (κ3) is 2.94. The zero-order chi connectivity index (χ0) is 16.5. The van der Waals surface area contributed by atoms with Crippen LogP contribution in [0.1, 0.15) is 47.9 Å². The van der Waals surface area contributed by atoms with Gasteiger partial charge < -0.3 is 10.1 Å². The number of fused-ring (bicyclic) bond motifs is 1. The van der Waals surface area contributed by atoms with Gasteiger partial charge in [0.25, 0.3) is 0 Å². The Morgan fingerprint density at radius 3 is 3.12 bits per heavy atom. The molecule has 0 radical (unpaired) electrons. The van der Waals surface area contributed by atoms with E-state index in [1.54, 1.807) is 4.90 Å². The first-order valence-electron chi connectivity index (χ1n) is 8.59. The Labute approximate surface area is 146 Å². The van der Waals surface area contributed by atoms with E-state index in [4.69, 9.17) is 4.74 Å². The van der Waals surface area contributed by atoms with E-state index in [0.29, 0.717) is 19.2 Å². The van der Waals surface area contributed by atoms with Gasteiger partial charge in [-0.15, -0.1) is 11.3 Å². The van der Waals surface area contributed by atoms with Crippen molar-refractivity contribution in [1.82, 2.24) is 5.32 Å². The number of nitrogens with one attached hydrogen (secondary N) is 1. The zero-order valence-corrected chi connectivity index (χ0v) is 14.6. The molecule has 1 aliphatic carbocycles. The molecule has 5 heteroatoms. The minimum Gasteiger partial charge on any atom is -0.447 e. The number of nitrogens with zero attached hydrogens (tertiary/aromatic N) is 1. The number of ether oxygens (including phenoxy) is 1. The number of hydrogen-bond acceptors (Lipinski definition) is 4. The molecule has 1 aromatic carbocycles. The predicted octanol–water partition coefficient (Wildman–Crippen LogP) is 4.43. The summed E-state index contributed by atoms with van der Waals surface area (Å²) in [4.78, 5) is 15.0. The lowest BCUT2D eigenvalue weighted by Gasteiger charge is -2.28. The van der Waals surface area contributed by atoms with Gasteiger partial charge in [0.1, 0.15) is 6.61 Å². The highest BCUT2D eigenvalue weighted by Gasteiger charge is 2.25. The molecule has 1 amide bonds. The van der Waals surface area contributed by atoms with Crippen molar-refractivity contribution in [2.45, 2.75) is 38.3 Å². The van der Waals surface area contributed by atoms with Crippen LogP contribution in [-0.2, 0) is 11.2 Å². The van der Waals surface area contributed by atoms with Gasteiger partial charge in [-0.25, -0.2) is 4.79 Å². The fraction of sp³-hybridized carbons (Fsp3) is 0.421. The lowest BCUT2D eigenvalue weighted by Crippen LogP contribution is -2.27. The molecule has 2 heterocycles. The summed E-state index contributed by atoms with van der Waals surface area (Å²) in [5.74, 6) is 0. The standard InChI is InChI=1S/C19H22N2O2S/c1-13(20-17-6-3-7-18-16(17)8-11-24-18)14-4-2-5-15(12-14)21-9-10-23-19(21)22/h2,4-5,8,11-13,17,20H,3,6-7,9-10H2,1H3. The number of rotatable bonds is 4. The number of benzene rings is 1. The summed E-state index contributed by atoms with van der Waals surface area (Å²) >= 11 is 1.87. The first kappa shape index (κ1) is 15.7. The molecule has 2 aromatic rings. The predicted molar refractivity (Wildman–Crippen MR) is 96.7 cm³/mol. The van der Waals surface area contributed by atoms with Crippen LogP contribution in [0.4, 0.5) is 10.5 Å². The molecule has 0 spiro atoms. The molecular formula is C19H22N2O2S. The van der Waals surface area contributed by atoms with Crippen LogP contribution in [0.2, 0.25) is 0 Å². The quantitative estimate of drug-likeness (QED) is 0.893. The van der Waals surface area contributed by atoms with Gasteiger partial charge in [-0.3, -0.25) is 4.90 Å². The van der Waals surface area contributed by atoms with E-state index >= 15 is 0 Å². The molecular weight excluding hydrogens is 320 g/mol. The minimum absolute atomic E-state index is 0.236. The van der Waals surface area contributed by atoms with Crippen LogP contribution in [0.3, 0.4) is 0 Å². The molecule has 4 rings (SSSR count). The minimum atomic E-state index is -0.247. The number of amides is 1. The van der Waals surface area contributed by atoms with Crippen molar-refractivity contribution in [3.8, 4) is 0 Å². The maximum Gasteiger partial charge on any atom is 0.414 e. The number of hydrogen-bond donors (Lipinski definition) is 1. The monoisotopic (exact) mass is 342 g/mol. The van der Waals surface area contributed by atoms with E-state index in [9.17, 15) is 4.79 Å². The maximum absolute atomic E-state index is 11.8.